The molecule has 0 saturated heterocycles. The van der Waals surface area contributed by atoms with Crippen LogP contribution in [0.4, 0.5) is 0 Å². The zero-order chi connectivity index (χ0) is 18.9. The van der Waals surface area contributed by atoms with Crippen molar-refractivity contribution < 1.29 is 19.1 Å². The van der Waals surface area contributed by atoms with E-state index in [0.717, 1.165) is 31.2 Å². The number of unbranched alkanes of at least 4 members (excludes halogenated alkanes) is 3. The molecule has 1 rings (SSSR count). The second-order valence-corrected chi connectivity index (χ2v) is 6.72. The monoisotopic (exact) mass is 368 g/mol. The summed E-state index contributed by atoms with van der Waals surface area (Å²) in [4.78, 5) is 25.3. The zero-order valence-electron chi connectivity index (χ0n) is 15.7. The SMILES string of the molecule is CCCCCCOC(=O)C(CC)(CC)C(=O)Oc1cc(C)ccc1Cl. The molecule has 0 aliphatic carbocycles. The minimum atomic E-state index is -1.29. The zero-order valence-corrected chi connectivity index (χ0v) is 16.4. The Kier molecular flexibility index (Phi) is 8.98. The lowest BCUT2D eigenvalue weighted by Gasteiger charge is -2.27. The average molecular weight is 369 g/mol. The molecule has 0 bridgehead atoms. The molecule has 25 heavy (non-hydrogen) atoms. The highest BCUT2D eigenvalue weighted by atomic mass is 35.5. The van der Waals surface area contributed by atoms with Gasteiger partial charge >= 0.3 is 11.9 Å². The predicted octanol–water partition coefficient (Wildman–Crippen LogP) is 5.48. The highest BCUT2D eigenvalue weighted by Gasteiger charge is 2.46. The van der Waals surface area contributed by atoms with E-state index in [9.17, 15) is 9.59 Å². The van der Waals surface area contributed by atoms with E-state index in [0.29, 0.717) is 24.5 Å². The van der Waals surface area contributed by atoms with Crippen LogP contribution < -0.4 is 4.74 Å². The van der Waals surface area contributed by atoms with Gasteiger partial charge in [-0.2, -0.15) is 0 Å². The molecular formula is C20H29ClO4. The molecule has 0 heterocycles. The summed E-state index contributed by atoms with van der Waals surface area (Å²) < 4.78 is 10.8. The summed E-state index contributed by atoms with van der Waals surface area (Å²) in [7, 11) is 0. The Morgan fingerprint density at radius 2 is 1.72 bits per heavy atom. The van der Waals surface area contributed by atoms with E-state index in [4.69, 9.17) is 21.1 Å². The molecule has 0 saturated carbocycles. The lowest BCUT2D eigenvalue weighted by Crippen LogP contribution is -2.42. The number of benzene rings is 1. The second kappa shape index (κ2) is 10.4. The Balaban J connectivity index is 2.83. The molecule has 0 aliphatic heterocycles. The first-order chi connectivity index (χ1) is 11.9. The Morgan fingerprint density at radius 1 is 1.04 bits per heavy atom. The molecule has 0 atom stereocenters. The maximum atomic E-state index is 12.8. The van der Waals surface area contributed by atoms with Crippen molar-refractivity contribution in [1.82, 2.24) is 0 Å². The summed E-state index contributed by atoms with van der Waals surface area (Å²) in [6, 6.07) is 5.19. The van der Waals surface area contributed by atoms with Crippen molar-refractivity contribution >= 4 is 23.5 Å². The third kappa shape index (κ3) is 5.74. The molecule has 0 spiro atoms. The van der Waals surface area contributed by atoms with Crippen LogP contribution in [0.5, 0.6) is 5.75 Å². The minimum absolute atomic E-state index is 0.272. The van der Waals surface area contributed by atoms with Crippen LogP contribution >= 0.6 is 11.6 Å². The van der Waals surface area contributed by atoms with Crippen molar-refractivity contribution in [2.75, 3.05) is 6.61 Å². The van der Waals surface area contributed by atoms with E-state index in [1.165, 1.54) is 0 Å². The summed E-state index contributed by atoms with van der Waals surface area (Å²) in [6.45, 7) is 7.92. The molecule has 1 aromatic rings. The highest BCUT2D eigenvalue weighted by molar-refractivity contribution is 6.32. The number of rotatable bonds is 10. The number of aryl methyl sites for hydroxylation is 1. The van der Waals surface area contributed by atoms with Crippen molar-refractivity contribution in [3.63, 3.8) is 0 Å². The molecule has 0 N–H and O–H groups in total. The fraction of sp³-hybridized carbons (Fsp3) is 0.600. The molecule has 0 aromatic heterocycles. The van der Waals surface area contributed by atoms with Gasteiger partial charge in [-0.3, -0.25) is 9.59 Å². The number of esters is 2. The van der Waals surface area contributed by atoms with E-state index in [1.807, 2.05) is 13.0 Å². The van der Waals surface area contributed by atoms with Gasteiger partial charge < -0.3 is 9.47 Å². The Morgan fingerprint density at radius 3 is 2.32 bits per heavy atom. The van der Waals surface area contributed by atoms with Crippen LogP contribution in [0.3, 0.4) is 0 Å². The van der Waals surface area contributed by atoms with E-state index >= 15 is 0 Å². The molecule has 0 radical (unpaired) electrons. The number of carbonyl (C=O) groups is 2. The summed E-state index contributed by atoms with van der Waals surface area (Å²) in [5, 5.41) is 0.341. The average Bonchev–Trinajstić information content (AvgIpc) is 2.59. The fourth-order valence-electron chi connectivity index (χ4n) is 2.63. The number of ether oxygens (including phenoxy) is 2. The van der Waals surface area contributed by atoms with E-state index in [-0.39, 0.29) is 5.75 Å². The van der Waals surface area contributed by atoms with Crippen molar-refractivity contribution in [2.24, 2.45) is 5.41 Å². The first-order valence-corrected chi connectivity index (χ1v) is 9.44. The molecule has 140 valence electrons. The summed E-state index contributed by atoms with van der Waals surface area (Å²) in [5.74, 6) is -0.847. The first kappa shape index (κ1) is 21.5. The first-order valence-electron chi connectivity index (χ1n) is 9.06. The van der Waals surface area contributed by atoms with Crippen molar-refractivity contribution in [3.8, 4) is 5.75 Å². The van der Waals surface area contributed by atoms with Gasteiger partial charge in [0.15, 0.2) is 5.41 Å². The van der Waals surface area contributed by atoms with Crippen LogP contribution in [0.25, 0.3) is 0 Å². The van der Waals surface area contributed by atoms with Crippen molar-refractivity contribution in [1.29, 1.82) is 0 Å². The predicted molar refractivity (Wildman–Crippen MR) is 99.9 cm³/mol. The molecule has 1 aromatic carbocycles. The van der Waals surface area contributed by atoms with Crippen LogP contribution in [-0.2, 0) is 14.3 Å². The van der Waals surface area contributed by atoms with E-state index in [1.54, 1.807) is 26.0 Å². The van der Waals surface area contributed by atoms with Crippen LogP contribution in [0.15, 0.2) is 18.2 Å². The number of hydrogen-bond donors (Lipinski definition) is 0. The normalized spacial score (nSPS) is 11.2. The van der Waals surface area contributed by atoms with Crippen LogP contribution in [-0.4, -0.2) is 18.5 Å². The van der Waals surface area contributed by atoms with Gasteiger partial charge in [0.25, 0.3) is 0 Å². The van der Waals surface area contributed by atoms with Crippen LogP contribution in [0, 0.1) is 12.3 Å². The maximum absolute atomic E-state index is 12.8. The quantitative estimate of drug-likeness (QED) is 0.237. The van der Waals surface area contributed by atoms with Gasteiger partial charge in [0.2, 0.25) is 0 Å². The van der Waals surface area contributed by atoms with E-state index in [2.05, 4.69) is 6.92 Å². The third-order valence-electron chi connectivity index (χ3n) is 4.51. The van der Waals surface area contributed by atoms with Gasteiger partial charge in [0.1, 0.15) is 5.75 Å². The van der Waals surface area contributed by atoms with Gasteiger partial charge in [-0.1, -0.05) is 57.7 Å². The molecule has 0 amide bonds. The molecule has 0 aliphatic rings. The standard InChI is InChI=1S/C20H29ClO4/c1-5-8-9-10-13-24-18(22)20(6-2,7-3)19(23)25-17-14-15(4)11-12-16(17)21/h11-12,14H,5-10,13H2,1-4H3. The van der Waals surface area contributed by atoms with E-state index < -0.39 is 17.4 Å². The summed E-state index contributed by atoms with van der Waals surface area (Å²) >= 11 is 6.10. The van der Waals surface area contributed by atoms with Gasteiger partial charge in [0, 0.05) is 0 Å². The van der Waals surface area contributed by atoms with Gasteiger partial charge in [-0.25, -0.2) is 0 Å². The molecule has 0 unspecified atom stereocenters. The lowest BCUT2D eigenvalue weighted by atomic mass is 9.82. The van der Waals surface area contributed by atoms with Crippen LogP contribution in [0.1, 0.15) is 64.9 Å². The summed E-state index contributed by atoms with van der Waals surface area (Å²) in [6.07, 6.45) is 4.68. The smallest absolute Gasteiger partial charge is 0.328 e. The minimum Gasteiger partial charge on any atom is -0.465 e. The van der Waals surface area contributed by atoms with Crippen molar-refractivity contribution in [3.05, 3.63) is 28.8 Å². The largest absolute Gasteiger partial charge is 0.465 e. The second-order valence-electron chi connectivity index (χ2n) is 6.31. The summed E-state index contributed by atoms with van der Waals surface area (Å²) in [5.41, 5.74) is -0.373. The Hall–Kier alpha value is -1.55. The van der Waals surface area contributed by atoms with Crippen molar-refractivity contribution in [2.45, 2.75) is 66.2 Å². The molecule has 5 heteroatoms. The molecular weight excluding hydrogens is 340 g/mol. The van der Waals surface area contributed by atoms with Gasteiger partial charge in [-0.05, 0) is 43.9 Å². The highest BCUT2D eigenvalue weighted by Crippen LogP contribution is 2.33. The maximum Gasteiger partial charge on any atom is 0.328 e. The third-order valence-corrected chi connectivity index (χ3v) is 4.82. The van der Waals surface area contributed by atoms with Gasteiger partial charge in [0.05, 0.1) is 11.6 Å². The fourth-order valence-corrected chi connectivity index (χ4v) is 2.79. The number of halogens is 1. The number of carbonyl (C=O) groups excluding carboxylic acids is 2. The Bertz CT molecular complexity index is 579. The van der Waals surface area contributed by atoms with Gasteiger partial charge in [-0.15, -0.1) is 0 Å². The number of hydrogen-bond acceptors (Lipinski definition) is 4. The topological polar surface area (TPSA) is 52.6 Å². The molecule has 0 fully saturated rings. The Labute approximate surface area is 155 Å². The lowest BCUT2D eigenvalue weighted by molar-refractivity contribution is -0.168. The molecule has 4 nitrogen and oxygen atoms in total. The van der Waals surface area contributed by atoms with Crippen LogP contribution in [0.2, 0.25) is 5.02 Å².